The van der Waals surface area contributed by atoms with Crippen molar-refractivity contribution in [2.45, 2.75) is 67.5 Å². The molecule has 0 bridgehead atoms. The van der Waals surface area contributed by atoms with Crippen LogP contribution in [0, 0.1) is 0 Å². The lowest BCUT2D eigenvalue weighted by molar-refractivity contribution is -0.176. The number of ether oxygens (including phenoxy) is 3. The van der Waals surface area contributed by atoms with Crippen LogP contribution in [-0.4, -0.2) is 66.0 Å². The van der Waals surface area contributed by atoms with Gasteiger partial charge in [-0.1, -0.05) is 38.5 Å². The van der Waals surface area contributed by atoms with Crippen LogP contribution >= 0.6 is 0 Å². The standard InChI is InChI=1S/C17H18N2O10S.C6H12/c20-7-17(8-28-30(24,25)11-3-1-10(21)2-4-11)14-13(26-9-27-14)15(29-17)19-6-5-12(22)18-16(19)23;1-2-4-6-5-3-1/h1-6,13-15,20-21H,7-9H2,(H,18,22,23);1-6H2/t13-,14+,15-,17+;/m1./s1. The first-order valence-electron chi connectivity index (χ1n) is 11.8. The minimum absolute atomic E-state index is 0.117. The van der Waals surface area contributed by atoms with Gasteiger partial charge in [0.05, 0.1) is 11.5 Å². The van der Waals surface area contributed by atoms with Crippen molar-refractivity contribution in [3.63, 3.8) is 0 Å². The van der Waals surface area contributed by atoms with Crippen LogP contribution in [0.4, 0.5) is 0 Å². The van der Waals surface area contributed by atoms with Gasteiger partial charge in [0.25, 0.3) is 15.7 Å². The van der Waals surface area contributed by atoms with E-state index in [4.69, 9.17) is 18.4 Å². The summed E-state index contributed by atoms with van der Waals surface area (Å²) >= 11 is 0. The largest absolute Gasteiger partial charge is 0.508 e. The summed E-state index contributed by atoms with van der Waals surface area (Å²) in [5, 5.41) is 19.3. The molecule has 13 heteroatoms. The predicted molar refractivity (Wildman–Crippen MR) is 125 cm³/mol. The van der Waals surface area contributed by atoms with Crippen molar-refractivity contribution in [1.82, 2.24) is 9.55 Å². The number of aromatic nitrogens is 2. The Morgan fingerprint density at radius 2 is 1.67 bits per heavy atom. The Kier molecular flexibility index (Phi) is 8.27. The van der Waals surface area contributed by atoms with Gasteiger partial charge in [0, 0.05) is 12.3 Å². The van der Waals surface area contributed by atoms with Crippen LogP contribution in [0.25, 0.3) is 0 Å². The SMILES string of the molecule is C1CCCCC1.O=c1ccn([C@@H]2O[C@@](CO)(COS(=O)(=O)c3ccc(O)cc3)[C@H]3OCO[C@@H]23)c(=O)[nH]1. The Morgan fingerprint density at radius 3 is 2.25 bits per heavy atom. The first kappa shape index (κ1) is 26.5. The van der Waals surface area contributed by atoms with Gasteiger partial charge < -0.3 is 24.4 Å². The van der Waals surface area contributed by atoms with Gasteiger partial charge in [-0.2, -0.15) is 8.42 Å². The average Bonchev–Trinajstić information content (AvgIpc) is 3.48. The number of hydrogen-bond donors (Lipinski definition) is 3. The monoisotopic (exact) mass is 526 g/mol. The highest BCUT2D eigenvalue weighted by Gasteiger charge is 2.60. The minimum atomic E-state index is -4.25. The number of phenols is 1. The van der Waals surface area contributed by atoms with Crippen LogP contribution in [0.1, 0.15) is 44.8 Å². The molecule has 12 nitrogen and oxygen atoms in total. The first-order valence-corrected chi connectivity index (χ1v) is 13.2. The van der Waals surface area contributed by atoms with E-state index in [1.54, 1.807) is 0 Å². The molecule has 2 aromatic rings. The molecular weight excluding hydrogens is 496 g/mol. The molecule has 1 aliphatic carbocycles. The van der Waals surface area contributed by atoms with E-state index in [9.17, 15) is 28.2 Å². The zero-order valence-electron chi connectivity index (χ0n) is 19.6. The van der Waals surface area contributed by atoms with E-state index in [0.717, 1.165) is 22.8 Å². The van der Waals surface area contributed by atoms with E-state index in [0.29, 0.717) is 0 Å². The predicted octanol–water partition coefficient (Wildman–Crippen LogP) is 0.990. The molecule has 3 fully saturated rings. The molecule has 3 aliphatic rings. The molecule has 0 unspecified atom stereocenters. The lowest BCUT2D eigenvalue weighted by atomic mass is 9.97. The van der Waals surface area contributed by atoms with Gasteiger partial charge in [-0.15, -0.1) is 0 Å². The summed E-state index contributed by atoms with van der Waals surface area (Å²) in [4.78, 5) is 25.4. The van der Waals surface area contributed by atoms with Crippen LogP contribution in [0.3, 0.4) is 0 Å². The van der Waals surface area contributed by atoms with Gasteiger partial charge in [0.2, 0.25) is 0 Å². The second-order valence-corrected chi connectivity index (χ2v) is 10.5. The highest BCUT2D eigenvalue weighted by Crippen LogP contribution is 2.43. The van der Waals surface area contributed by atoms with Gasteiger partial charge in [-0.05, 0) is 24.3 Å². The fourth-order valence-corrected chi connectivity index (χ4v) is 5.44. The first-order chi connectivity index (χ1) is 17.3. The molecule has 0 spiro atoms. The van der Waals surface area contributed by atoms with Gasteiger partial charge in [-0.25, -0.2) is 4.79 Å². The van der Waals surface area contributed by atoms with Crippen molar-refractivity contribution >= 4 is 10.1 Å². The van der Waals surface area contributed by atoms with Crippen molar-refractivity contribution in [2.24, 2.45) is 0 Å². The Morgan fingerprint density at radius 1 is 1.03 bits per heavy atom. The molecule has 36 heavy (non-hydrogen) atoms. The Labute approximate surface area is 207 Å². The maximum Gasteiger partial charge on any atom is 0.330 e. The minimum Gasteiger partial charge on any atom is -0.508 e. The molecule has 1 saturated carbocycles. The van der Waals surface area contributed by atoms with E-state index in [-0.39, 0.29) is 17.4 Å². The third kappa shape index (κ3) is 5.71. The number of nitrogens with one attached hydrogen (secondary N) is 1. The zero-order valence-corrected chi connectivity index (χ0v) is 20.4. The smallest absolute Gasteiger partial charge is 0.330 e. The summed E-state index contributed by atoms with van der Waals surface area (Å²) in [7, 11) is -4.25. The summed E-state index contributed by atoms with van der Waals surface area (Å²) in [6.45, 7) is -1.50. The van der Waals surface area contributed by atoms with E-state index in [1.165, 1.54) is 56.9 Å². The van der Waals surface area contributed by atoms with Crippen LogP contribution in [0.5, 0.6) is 5.75 Å². The lowest BCUT2D eigenvalue weighted by Crippen LogP contribution is -2.50. The zero-order chi connectivity index (χ0) is 25.8. The van der Waals surface area contributed by atoms with Crippen molar-refractivity contribution in [1.29, 1.82) is 0 Å². The molecule has 1 aromatic heterocycles. The maximum absolute atomic E-state index is 12.5. The molecular formula is C23H30N2O10S. The molecule has 0 radical (unpaired) electrons. The molecule has 0 amide bonds. The van der Waals surface area contributed by atoms with Crippen molar-refractivity contribution in [3.05, 3.63) is 57.4 Å². The molecule has 4 atom stereocenters. The van der Waals surface area contributed by atoms with Crippen molar-refractivity contribution < 1.29 is 37.0 Å². The molecule has 198 valence electrons. The van der Waals surface area contributed by atoms with Crippen LogP contribution in [-0.2, 0) is 28.5 Å². The molecule has 2 aliphatic heterocycles. The topological polar surface area (TPSA) is 166 Å². The van der Waals surface area contributed by atoms with Crippen LogP contribution in [0.15, 0.2) is 51.0 Å². The Balaban J connectivity index is 0.000000445. The van der Waals surface area contributed by atoms with Gasteiger partial charge in [0.15, 0.2) is 6.23 Å². The van der Waals surface area contributed by atoms with Gasteiger partial charge in [-0.3, -0.25) is 18.5 Å². The Bertz CT molecular complexity index is 1230. The number of aliphatic hydroxyl groups is 1. The third-order valence-electron chi connectivity index (χ3n) is 6.44. The van der Waals surface area contributed by atoms with E-state index in [1.807, 2.05) is 0 Å². The molecule has 1 aromatic carbocycles. The third-order valence-corrected chi connectivity index (χ3v) is 7.72. The number of aliphatic hydroxyl groups excluding tert-OH is 1. The number of phenolic OH excluding ortho intramolecular Hbond substituents is 1. The lowest BCUT2D eigenvalue weighted by Gasteiger charge is -2.30. The number of hydrogen-bond acceptors (Lipinski definition) is 10. The van der Waals surface area contributed by atoms with Crippen LogP contribution in [0.2, 0.25) is 0 Å². The number of aromatic hydroxyl groups is 1. The number of fused-ring (bicyclic) bond motifs is 1. The highest BCUT2D eigenvalue weighted by atomic mass is 32.2. The number of H-pyrrole nitrogens is 1. The second-order valence-electron chi connectivity index (χ2n) is 8.92. The summed E-state index contributed by atoms with van der Waals surface area (Å²) in [6, 6.07) is 5.80. The summed E-state index contributed by atoms with van der Waals surface area (Å²) in [5.41, 5.74) is -3.04. The van der Waals surface area contributed by atoms with E-state index in [2.05, 4.69) is 4.98 Å². The number of aromatic amines is 1. The fraction of sp³-hybridized carbons (Fsp3) is 0.565. The highest BCUT2D eigenvalue weighted by molar-refractivity contribution is 7.86. The fourth-order valence-electron chi connectivity index (χ4n) is 4.48. The van der Waals surface area contributed by atoms with Crippen molar-refractivity contribution in [2.75, 3.05) is 20.0 Å². The number of rotatable bonds is 6. The average molecular weight is 527 g/mol. The van der Waals surface area contributed by atoms with E-state index >= 15 is 0 Å². The summed E-state index contributed by atoms with van der Waals surface area (Å²) in [6.07, 6.45) is 7.29. The summed E-state index contributed by atoms with van der Waals surface area (Å²) in [5.74, 6) is -0.117. The quantitative estimate of drug-likeness (QED) is 0.462. The summed E-state index contributed by atoms with van der Waals surface area (Å²) < 4.78 is 47.9. The normalized spacial score (nSPS) is 27.8. The molecule has 3 heterocycles. The van der Waals surface area contributed by atoms with Gasteiger partial charge in [0.1, 0.15) is 37.0 Å². The molecule has 5 rings (SSSR count). The Hall–Kier alpha value is -2.55. The second kappa shape index (κ2) is 11.2. The van der Waals surface area contributed by atoms with E-state index < -0.39 is 58.6 Å². The maximum atomic E-state index is 12.5. The van der Waals surface area contributed by atoms with Crippen LogP contribution < -0.4 is 11.2 Å². The molecule has 2 saturated heterocycles. The van der Waals surface area contributed by atoms with Gasteiger partial charge >= 0.3 is 5.69 Å². The molecule has 3 N–H and O–H groups in total. The number of benzene rings is 1. The number of nitrogens with zero attached hydrogens (tertiary/aromatic N) is 1. The van der Waals surface area contributed by atoms with Crippen molar-refractivity contribution in [3.8, 4) is 5.75 Å².